The van der Waals surface area contributed by atoms with Gasteiger partial charge in [-0.05, 0) is 173 Å². The minimum atomic E-state index is -6.00. The van der Waals surface area contributed by atoms with Gasteiger partial charge in [-0.3, -0.25) is 19.9 Å². The molecular formula is C86H80B2Cu2F8N6P4+4. The summed E-state index contributed by atoms with van der Waals surface area (Å²) in [6, 6.07) is 125. The van der Waals surface area contributed by atoms with Gasteiger partial charge in [-0.25, -0.2) is 0 Å². The van der Waals surface area contributed by atoms with E-state index in [1.807, 2.05) is 52.0 Å². The molecule has 6 nitrogen and oxygen atoms in total. The second-order valence-electron chi connectivity index (χ2n) is 25.3. The predicted molar refractivity (Wildman–Crippen MR) is 446 cm³/mol. The molecule has 0 N–H and O–H groups in total. The molecule has 4 aromatic heterocycles. The first-order valence-corrected chi connectivity index (χ1v) is 41.6. The number of pyridine rings is 4. The monoisotopic (exact) mass is 1620 g/mol. The van der Waals surface area contributed by atoms with E-state index in [0.717, 1.165) is 91.5 Å². The molecule has 0 aliphatic heterocycles. The largest absolute Gasteiger partial charge is 1.00 e. The summed E-state index contributed by atoms with van der Waals surface area (Å²) in [5.74, 6) is 0. The summed E-state index contributed by atoms with van der Waals surface area (Å²) in [7, 11) is -16.8. The molecule has 0 atom stereocenters. The molecule has 0 fully saturated rings. The number of aryl methyl sites for hydroxylation is 4. The quantitative estimate of drug-likeness (QED) is 0.0369. The number of aromatic nitrogens is 4. The van der Waals surface area contributed by atoms with E-state index in [2.05, 4.69) is 345 Å². The Kier molecular flexibility index (Phi) is 31.1. The fraction of sp³-hybridized carbons (Fsp3) is 0.0930. The van der Waals surface area contributed by atoms with E-state index in [-0.39, 0.29) is 34.1 Å². The van der Waals surface area contributed by atoms with Gasteiger partial charge in [-0.15, -0.1) is 0 Å². The van der Waals surface area contributed by atoms with Crippen LogP contribution in [0.25, 0.3) is 43.6 Å². The Morgan fingerprint density at radius 2 is 0.361 bits per heavy atom. The van der Waals surface area contributed by atoms with Crippen molar-refractivity contribution in [3.8, 4) is 0 Å². The molecule has 0 aliphatic carbocycles. The van der Waals surface area contributed by atoms with Crippen LogP contribution < -0.4 is 52.2 Å². The first kappa shape index (κ1) is 83.0. The minimum absolute atomic E-state index is 0. The van der Waals surface area contributed by atoms with E-state index >= 15 is 0 Å². The van der Waals surface area contributed by atoms with Crippen LogP contribution >= 0.6 is 31.7 Å². The predicted octanol–water partition coefficient (Wildman–Crippen LogP) is 20.0. The zero-order valence-corrected chi connectivity index (χ0v) is 65.5. The van der Waals surface area contributed by atoms with Gasteiger partial charge in [-0.1, -0.05) is 194 Å². The van der Waals surface area contributed by atoms with Gasteiger partial charge in [0.25, 0.3) is 0 Å². The van der Waals surface area contributed by atoms with Crippen molar-refractivity contribution in [2.45, 2.75) is 27.7 Å². The van der Waals surface area contributed by atoms with Crippen molar-refractivity contribution < 1.29 is 68.7 Å². The number of anilines is 2. The van der Waals surface area contributed by atoms with Crippen molar-refractivity contribution >= 4 is 144 Å². The number of hydrogen-bond donors (Lipinski definition) is 0. The molecular weight excluding hydrogens is 1540 g/mol. The van der Waals surface area contributed by atoms with Crippen LogP contribution in [-0.4, -0.2) is 59.6 Å². The zero-order valence-electron chi connectivity index (χ0n) is 59.6. The second kappa shape index (κ2) is 40.4. The van der Waals surface area contributed by atoms with Gasteiger partial charge >= 0.3 is 48.6 Å². The fourth-order valence-electron chi connectivity index (χ4n) is 12.6. The molecule has 0 unspecified atom stereocenters. The molecule has 108 heavy (non-hydrogen) atoms. The summed E-state index contributed by atoms with van der Waals surface area (Å²) in [5.41, 5.74) is 10.7. The maximum absolute atomic E-state index is 9.75. The van der Waals surface area contributed by atoms with E-state index in [4.69, 9.17) is 0 Å². The summed E-state index contributed by atoms with van der Waals surface area (Å²) < 4.78 is 78.0. The van der Waals surface area contributed by atoms with Gasteiger partial charge in [0, 0.05) is 55.7 Å². The van der Waals surface area contributed by atoms with Gasteiger partial charge in [0.05, 0.1) is 96.2 Å². The molecule has 15 rings (SSSR count). The number of fused-ring (bicyclic) bond motifs is 6. The number of nitrogens with zero attached hydrogens (tertiary/aromatic N) is 6. The van der Waals surface area contributed by atoms with Crippen LogP contribution in [0.1, 0.15) is 22.8 Å². The van der Waals surface area contributed by atoms with Crippen LogP contribution in [-0.2, 0) is 34.1 Å². The smallest absolute Gasteiger partial charge is 0.418 e. The number of hydrogen-bond acceptors (Lipinski definition) is 6. The molecule has 0 spiro atoms. The summed E-state index contributed by atoms with van der Waals surface area (Å²) >= 11 is 0. The molecule has 0 saturated carbocycles. The summed E-state index contributed by atoms with van der Waals surface area (Å²) in [5, 5.41) is 16.1. The van der Waals surface area contributed by atoms with Gasteiger partial charge in [0.1, 0.15) is 25.1 Å². The van der Waals surface area contributed by atoms with Gasteiger partial charge in [0.2, 0.25) is 0 Å². The third-order valence-corrected chi connectivity index (χ3v) is 28.6. The molecule has 11 aromatic carbocycles. The van der Waals surface area contributed by atoms with Crippen LogP contribution in [0.15, 0.2) is 340 Å². The van der Waals surface area contributed by atoms with Crippen molar-refractivity contribution in [3.05, 3.63) is 362 Å². The number of benzene rings is 11. The Bertz CT molecular complexity index is 4450. The van der Waals surface area contributed by atoms with E-state index in [0.29, 0.717) is 0 Å². The first-order valence-electron chi connectivity index (χ1n) is 34.7. The average Bonchev–Trinajstić information content (AvgIpc) is 0.793. The maximum Gasteiger partial charge on any atom is 1.00 e. The van der Waals surface area contributed by atoms with Crippen molar-refractivity contribution in [2.75, 3.05) is 34.9 Å². The van der Waals surface area contributed by atoms with Crippen molar-refractivity contribution in [3.63, 3.8) is 0 Å². The third-order valence-electron chi connectivity index (χ3n) is 17.6. The molecule has 0 aliphatic rings. The van der Waals surface area contributed by atoms with Crippen molar-refractivity contribution in [1.82, 2.24) is 19.9 Å². The molecule has 0 bridgehead atoms. The zero-order chi connectivity index (χ0) is 74.4. The standard InChI is InChI=1S/C58H52N2P4.2C14H12N2.2BF4.2Cu/c1-9-25-51(26-10-1)61(52-27-11-2-12-28-52)45-59(46-62(53-29-13-3-14-30-53)54-31-15-4-16-32-54)49-41-43-50(44-42-49)60(47-63(55-33-17-5-18-34-55)56-35-19-6-20-36-56)48-64(57-37-21-7-22-38-57)58-39-23-8-24-40-58;2*1-9-3-5-11-7-8-12-6-4-10(2)16-14(12)13(11)15-9;2*2-1(3,4)5;;/h1-44H,45-48H2;2*3-8H,1-2H3;;;;/q;;;2*-1;2*+1/p+4. The minimum Gasteiger partial charge on any atom is -0.418 e. The fourth-order valence-corrected chi connectivity index (χ4v) is 23.3. The van der Waals surface area contributed by atoms with Crippen LogP contribution in [0.3, 0.4) is 0 Å². The van der Waals surface area contributed by atoms with E-state index in [1.165, 1.54) is 53.8 Å². The average molecular weight is 1620 g/mol. The van der Waals surface area contributed by atoms with Gasteiger partial charge < -0.3 is 44.3 Å². The Morgan fingerprint density at radius 3 is 0.509 bits per heavy atom. The molecule has 0 saturated heterocycles. The normalized spacial score (nSPS) is 11.1. The first-order chi connectivity index (χ1) is 51.2. The van der Waals surface area contributed by atoms with E-state index < -0.39 is 46.2 Å². The number of rotatable bonds is 18. The van der Waals surface area contributed by atoms with Crippen molar-refractivity contribution in [1.29, 1.82) is 0 Å². The van der Waals surface area contributed by atoms with E-state index in [9.17, 15) is 34.5 Å². The maximum atomic E-state index is 9.75. The third kappa shape index (κ3) is 24.5. The Morgan fingerprint density at radius 1 is 0.222 bits per heavy atom. The van der Waals surface area contributed by atoms with Crippen LogP contribution in [0.2, 0.25) is 0 Å². The Hall–Kier alpha value is -9.01. The van der Waals surface area contributed by atoms with Crippen molar-refractivity contribution in [2.24, 2.45) is 0 Å². The number of halogens is 8. The molecule has 554 valence electrons. The molecule has 0 amide bonds. The molecule has 0 radical (unpaired) electrons. The van der Waals surface area contributed by atoms with Gasteiger partial charge in [-0.2, -0.15) is 0 Å². The van der Waals surface area contributed by atoms with Crippen LogP contribution in [0.5, 0.6) is 0 Å². The van der Waals surface area contributed by atoms with Gasteiger partial charge in [0.15, 0.2) is 0 Å². The Labute approximate surface area is 652 Å². The SMILES string of the molecule is Cc1ccc2ccc3ccc(C)nc3c2n1.Cc1ccc2ccc3ccc(C)nc3c2n1.F[B-](F)(F)F.F[B-](F)(F)F.[Cu+].[Cu+].c1ccc([PH+](CN(C[PH+](c2ccccc2)c2ccccc2)c2ccc(N(C[PH+](c3ccccc3)c3ccccc3)C[PH+](c3ccccc3)c3ccccc3)cc2)c2ccccc2)cc1. The summed E-state index contributed by atoms with van der Waals surface area (Å²) in [6.45, 7) is 8.03. The topological polar surface area (TPSA) is 58.0 Å². The van der Waals surface area contributed by atoms with Crippen LogP contribution in [0, 0.1) is 27.7 Å². The summed E-state index contributed by atoms with van der Waals surface area (Å²) in [6.07, 6.45) is 3.83. The van der Waals surface area contributed by atoms with E-state index in [1.54, 1.807) is 0 Å². The molecule has 4 heterocycles. The van der Waals surface area contributed by atoms with Crippen LogP contribution in [0.4, 0.5) is 45.9 Å². The molecule has 15 aromatic rings. The molecule has 22 heteroatoms. The second-order valence-corrected chi connectivity index (χ2v) is 35.0. The summed E-state index contributed by atoms with van der Waals surface area (Å²) in [4.78, 5) is 23.8. The Balaban J connectivity index is 0.000000244.